The molecule has 0 atom stereocenters. The summed E-state index contributed by atoms with van der Waals surface area (Å²) in [6, 6.07) is 24.7. The maximum atomic E-state index is 13.7. The Kier molecular flexibility index (Phi) is 6.42. The van der Waals surface area contributed by atoms with Crippen molar-refractivity contribution in [3.05, 3.63) is 103 Å². The summed E-state index contributed by atoms with van der Waals surface area (Å²) in [4.78, 5) is 15.6. The van der Waals surface area contributed by atoms with E-state index in [0.29, 0.717) is 34.2 Å². The molecule has 3 aromatic carbocycles. The number of ether oxygens (including phenoxy) is 1. The van der Waals surface area contributed by atoms with E-state index < -0.39 is 0 Å². The maximum absolute atomic E-state index is 13.7. The molecule has 1 N–H and O–H groups in total. The summed E-state index contributed by atoms with van der Waals surface area (Å²) in [7, 11) is 4.01. The Labute approximate surface area is 208 Å². The molecule has 2 heterocycles. The second-order valence-electron chi connectivity index (χ2n) is 8.53. The van der Waals surface area contributed by atoms with Crippen LogP contribution in [-0.4, -0.2) is 43.9 Å². The van der Waals surface area contributed by atoms with Gasteiger partial charge < -0.3 is 14.8 Å². The molecular formula is C28H24FN5O2. The minimum absolute atomic E-state index is 0.144. The van der Waals surface area contributed by atoms with Crippen molar-refractivity contribution in [2.45, 2.75) is 6.54 Å². The van der Waals surface area contributed by atoms with E-state index >= 15 is 0 Å². The lowest BCUT2D eigenvalue weighted by molar-refractivity contribution is 0.195. The first kappa shape index (κ1) is 23.2. The van der Waals surface area contributed by atoms with Gasteiger partial charge in [-0.25, -0.2) is 14.4 Å². The highest BCUT2D eigenvalue weighted by Crippen LogP contribution is 2.35. The quantitative estimate of drug-likeness (QED) is 0.292. The summed E-state index contributed by atoms with van der Waals surface area (Å²) in [6.45, 7) is 0.797. The number of hydrogen-bond donors (Lipinski definition) is 1. The number of benzene rings is 3. The van der Waals surface area contributed by atoms with Gasteiger partial charge in [0.15, 0.2) is 5.82 Å². The molecule has 5 rings (SSSR count). The van der Waals surface area contributed by atoms with E-state index in [1.54, 1.807) is 36.5 Å². The van der Waals surface area contributed by atoms with Crippen LogP contribution in [-0.2, 0) is 6.54 Å². The van der Waals surface area contributed by atoms with Gasteiger partial charge in [-0.15, -0.1) is 0 Å². The molecular weight excluding hydrogens is 457 g/mol. The fourth-order valence-electron chi connectivity index (χ4n) is 3.88. The van der Waals surface area contributed by atoms with E-state index in [-0.39, 0.29) is 11.8 Å². The highest BCUT2D eigenvalue weighted by atomic mass is 19.1. The molecule has 0 saturated carbocycles. The topological polar surface area (TPSA) is 76.3 Å². The summed E-state index contributed by atoms with van der Waals surface area (Å²) in [5.74, 6) is 0.561. The van der Waals surface area contributed by atoms with Gasteiger partial charge >= 0.3 is 6.01 Å². The van der Waals surface area contributed by atoms with Crippen molar-refractivity contribution in [3.8, 4) is 45.8 Å². The number of imidazole rings is 1. The molecule has 0 aliphatic rings. The van der Waals surface area contributed by atoms with Gasteiger partial charge in [0.25, 0.3) is 0 Å². The Hall–Kier alpha value is -4.56. The third-order valence-electron chi connectivity index (χ3n) is 5.51. The van der Waals surface area contributed by atoms with Gasteiger partial charge in [0.05, 0.1) is 5.69 Å². The number of aromatic nitrogens is 4. The van der Waals surface area contributed by atoms with Gasteiger partial charge in [-0.1, -0.05) is 42.5 Å². The lowest BCUT2D eigenvalue weighted by Gasteiger charge is -2.10. The average molecular weight is 482 g/mol. The number of para-hydroxylation sites is 1. The molecule has 0 aliphatic heterocycles. The van der Waals surface area contributed by atoms with Crippen molar-refractivity contribution in [1.82, 2.24) is 24.6 Å². The first-order valence-corrected chi connectivity index (χ1v) is 11.4. The van der Waals surface area contributed by atoms with Crippen LogP contribution in [0.5, 0.6) is 11.8 Å². The summed E-state index contributed by atoms with van der Waals surface area (Å²) in [6.07, 6.45) is 1.57. The van der Waals surface area contributed by atoms with Crippen LogP contribution in [0.4, 0.5) is 4.39 Å². The van der Waals surface area contributed by atoms with Crippen LogP contribution in [0.1, 0.15) is 5.56 Å². The monoisotopic (exact) mass is 481 g/mol. The van der Waals surface area contributed by atoms with Crippen LogP contribution in [0.15, 0.2) is 91.1 Å². The van der Waals surface area contributed by atoms with E-state index in [1.165, 1.54) is 12.1 Å². The van der Waals surface area contributed by atoms with Crippen LogP contribution in [0, 0.1) is 5.82 Å². The number of rotatable bonds is 7. The molecule has 180 valence electrons. The van der Waals surface area contributed by atoms with Crippen molar-refractivity contribution in [3.63, 3.8) is 0 Å². The number of hydrogen-bond acceptors (Lipinski definition) is 6. The van der Waals surface area contributed by atoms with Crippen molar-refractivity contribution in [2.75, 3.05) is 14.1 Å². The van der Waals surface area contributed by atoms with Crippen LogP contribution >= 0.6 is 0 Å². The molecule has 2 aromatic heterocycles. The largest absolute Gasteiger partial charge is 0.426 e. The minimum atomic E-state index is -0.374. The van der Waals surface area contributed by atoms with E-state index in [9.17, 15) is 9.60 Å². The van der Waals surface area contributed by atoms with Crippen molar-refractivity contribution in [1.29, 1.82) is 0 Å². The predicted octanol–water partition coefficient (Wildman–Crippen LogP) is 5.90. The van der Waals surface area contributed by atoms with Crippen LogP contribution in [0.3, 0.4) is 0 Å². The molecule has 0 unspecified atom stereocenters. The summed E-state index contributed by atoms with van der Waals surface area (Å²) in [5, 5.41) is 11.2. The highest BCUT2D eigenvalue weighted by Gasteiger charge is 2.23. The van der Waals surface area contributed by atoms with Gasteiger partial charge in [0.2, 0.25) is 0 Å². The van der Waals surface area contributed by atoms with Gasteiger partial charge in [0.1, 0.15) is 23.0 Å². The zero-order valence-electron chi connectivity index (χ0n) is 19.8. The molecule has 0 aliphatic carbocycles. The Morgan fingerprint density at radius 1 is 0.861 bits per heavy atom. The summed E-state index contributed by atoms with van der Waals surface area (Å²) in [5.41, 5.74) is 3.69. The standard InChI is InChI=1S/C28H24FN5O2/c1-33(2)18-19-8-10-21(11-9-19)27-32-25(26(34(27)35)20-12-14-22(29)15-13-20)24-16-17-30-28(31-24)36-23-6-4-3-5-7-23/h3-17,35H,18H2,1-2H3. The molecule has 0 amide bonds. The smallest absolute Gasteiger partial charge is 0.322 e. The number of halogens is 1. The molecule has 7 nitrogen and oxygen atoms in total. The second-order valence-corrected chi connectivity index (χ2v) is 8.53. The van der Waals surface area contributed by atoms with E-state index in [1.807, 2.05) is 56.6 Å². The Balaban J connectivity index is 1.60. The second kappa shape index (κ2) is 9.97. The molecule has 0 bridgehead atoms. The van der Waals surface area contributed by atoms with Crippen molar-refractivity contribution in [2.24, 2.45) is 0 Å². The normalized spacial score (nSPS) is 11.1. The fraction of sp³-hybridized carbons (Fsp3) is 0.107. The van der Waals surface area contributed by atoms with Gasteiger partial charge in [-0.3, -0.25) is 0 Å². The van der Waals surface area contributed by atoms with Gasteiger partial charge in [-0.2, -0.15) is 9.71 Å². The average Bonchev–Trinajstić information content (AvgIpc) is 3.22. The van der Waals surface area contributed by atoms with Crippen molar-refractivity contribution < 1.29 is 14.3 Å². The maximum Gasteiger partial charge on any atom is 0.322 e. The molecule has 8 heteroatoms. The summed E-state index contributed by atoms with van der Waals surface area (Å²) >= 11 is 0. The van der Waals surface area contributed by atoms with E-state index in [4.69, 9.17) is 9.72 Å². The predicted molar refractivity (Wildman–Crippen MR) is 135 cm³/mol. The molecule has 0 fully saturated rings. The Morgan fingerprint density at radius 2 is 1.56 bits per heavy atom. The molecule has 5 aromatic rings. The Bertz CT molecular complexity index is 1470. The first-order chi connectivity index (χ1) is 17.5. The summed E-state index contributed by atoms with van der Waals surface area (Å²) < 4.78 is 20.5. The Morgan fingerprint density at radius 3 is 2.25 bits per heavy atom. The van der Waals surface area contributed by atoms with Crippen LogP contribution in [0.25, 0.3) is 34.0 Å². The zero-order chi connectivity index (χ0) is 25.1. The van der Waals surface area contributed by atoms with Gasteiger partial charge in [-0.05, 0) is 62.1 Å². The molecule has 36 heavy (non-hydrogen) atoms. The first-order valence-electron chi connectivity index (χ1n) is 11.4. The molecule has 0 radical (unpaired) electrons. The third kappa shape index (κ3) is 4.94. The minimum Gasteiger partial charge on any atom is -0.426 e. The third-order valence-corrected chi connectivity index (χ3v) is 5.51. The van der Waals surface area contributed by atoms with Crippen LogP contribution in [0.2, 0.25) is 0 Å². The van der Waals surface area contributed by atoms with Gasteiger partial charge in [0, 0.05) is 23.9 Å². The lowest BCUT2D eigenvalue weighted by atomic mass is 10.1. The van der Waals surface area contributed by atoms with E-state index in [2.05, 4.69) is 14.9 Å². The van der Waals surface area contributed by atoms with Crippen molar-refractivity contribution >= 4 is 0 Å². The molecule has 0 spiro atoms. The lowest BCUT2D eigenvalue weighted by Crippen LogP contribution is -2.10. The van der Waals surface area contributed by atoms with Crippen LogP contribution < -0.4 is 4.74 Å². The highest BCUT2D eigenvalue weighted by molar-refractivity contribution is 5.80. The van der Waals surface area contributed by atoms with E-state index in [0.717, 1.165) is 22.4 Å². The number of nitrogens with zero attached hydrogens (tertiary/aromatic N) is 5. The zero-order valence-corrected chi connectivity index (χ0v) is 19.8. The molecule has 0 saturated heterocycles. The SMILES string of the molecule is CN(C)Cc1ccc(-c2nc(-c3ccnc(Oc4ccccc4)n3)c(-c3ccc(F)cc3)n2O)cc1. The fourth-order valence-corrected chi connectivity index (χ4v) is 3.88.